The number of rotatable bonds is 6. The number of furan rings is 1. The molecule has 0 saturated carbocycles. The van der Waals surface area contributed by atoms with Crippen LogP contribution in [0.2, 0.25) is 17.3 Å². The van der Waals surface area contributed by atoms with E-state index in [1.165, 1.54) is 32.0 Å². The predicted octanol–water partition coefficient (Wildman–Crippen LogP) is 12.1. The Hall–Kier alpha value is -3.05. The van der Waals surface area contributed by atoms with Gasteiger partial charge in [-0.2, -0.15) is 0 Å². The summed E-state index contributed by atoms with van der Waals surface area (Å²) >= 11 is -1.90. The summed E-state index contributed by atoms with van der Waals surface area (Å²) in [6, 6.07) is 29.9. The van der Waals surface area contributed by atoms with Crippen LogP contribution in [0.4, 0.5) is 0 Å². The Kier molecular flexibility index (Phi) is 12.5. The monoisotopic (exact) mass is 905 g/mol. The van der Waals surface area contributed by atoms with Gasteiger partial charge in [0.05, 0.1) is 5.58 Å². The number of aromatic nitrogens is 2. The molecule has 0 saturated heterocycles. The van der Waals surface area contributed by atoms with E-state index < -0.39 is 13.3 Å². The van der Waals surface area contributed by atoms with Gasteiger partial charge < -0.3 is 9.40 Å². The molecule has 3 aromatic carbocycles. The van der Waals surface area contributed by atoms with Crippen LogP contribution >= 0.6 is 0 Å². The molecule has 6 rings (SSSR count). The normalized spacial score (nSPS) is 12.2. The van der Waals surface area contributed by atoms with Gasteiger partial charge in [0.25, 0.3) is 0 Å². The van der Waals surface area contributed by atoms with Crippen LogP contribution in [-0.4, -0.2) is 23.2 Å². The van der Waals surface area contributed by atoms with E-state index in [-0.39, 0.29) is 25.5 Å². The Morgan fingerprint density at radius 3 is 1.96 bits per heavy atom. The Bertz CT molecular complexity index is 2060. The van der Waals surface area contributed by atoms with E-state index in [1.807, 2.05) is 30.5 Å². The van der Waals surface area contributed by atoms with Crippen molar-refractivity contribution in [2.45, 2.75) is 98.3 Å². The number of fused-ring (bicyclic) bond motifs is 3. The minimum atomic E-state index is -1.90. The van der Waals surface area contributed by atoms with E-state index in [4.69, 9.17) is 14.4 Å². The molecule has 3 heterocycles. The van der Waals surface area contributed by atoms with Gasteiger partial charge in [-0.1, -0.05) is 57.7 Å². The Morgan fingerprint density at radius 1 is 0.720 bits per heavy atom. The molecule has 0 N–H and O–H groups in total. The maximum Gasteiger partial charge on any atom is 0.120 e. The molecule has 0 aliphatic carbocycles. The Balaban J connectivity index is 0.000000230. The number of hydrogen-bond donors (Lipinski definition) is 0. The summed E-state index contributed by atoms with van der Waals surface area (Å²) in [5.74, 6) is 7.81. The number of hydrogen-bond acceptors (Lipinski definition) is 3. The molecule has 3 aromatic heterocycles. The topological polar surface area (TPSA) is 38.9 Å². The standard InChI is InChI=1S/C26H28NO.C19H26GeN.Ir/c1-16(2)18-7-9-24-21(11-18)22-12-19(8-10-25(22)28-24)23-13-20(14-26(4,5)6)17(3)15-27-23;1-19(2,3)13-16-12-18(15-10-8-7-9-11-15)21-14-17(16)20(4,5)6;/h7,9-13,15-16H,14H2,1-6H3;7-10,12,14H,13H2,1-6H3;/q2*-1;. The minimum absolute atomic E-state index is 0. The largest absolute Gasteiger partial charge is 0.500 e. The van der Waals surface area contributed by atoms with Crippen LogP contribution in [0.5, 0.6) is 0 Å². The van der Waals surface area contributed by atoms with Crippen molar-refractivity contribution in [1.82, 2.24) is 9.97 Å². The SMILES string of the molecule is CC(C)(C)Cc1cc(-c2[c-]cccc2)nc[c]1[Ge]([CH3])([CH3])[CH3].Cc1cnc(-c2[c-]cc3oc4ccc(C(C)C)cc4c3c2)cc1CC(C)(C)C.[Ir]. The summed E-state index contributed by atoms with van der Waals surface area (Å²) in [7, 11) is 0. The molecule has 5 heteroatoms. The Morgan fingerprint density at radius 2 is 1.34 bits per heavy atom. The van der Waals surface area contributed by atoms with Gasteiger partial charge in [-0.05, 0) is 53.6 Å². The molecule has 265 valence electrons. The molecule has 0 bridgehead atoms. The van der Waals surface area contributed by atoms with Crippen molar-refractivity contribution in [2.24, 2.45) is 10.8 Å². The van der Waals surface area contributed by atoms with E-state index in [9.17, 15) is 0 Å². The van der Waals surface area contributed by atoms with Crippen LogP contribution in [0.1, 0.15) is 83.6 Å². The van der Waals surface area contributed by atoms with Crippen LogP contribution in [0.25, 0.3) is 44.5 Å². The summed E-state index contributed by atoms with van der Waals surface area (Å²) in [4.78, 5) is 9.42. The fourth-order valence-electron chi connectivity index (χ4n) is 6.31. The molecule has 0 atom stereocenters. The van der Waals surface area contributed by atoms with E-state index in [0.717, 1.165) is 51.9 Å². The average molecular weight is 904 g/mol. The molecule has 0 aliphatic heterocycles. The van der Waals surface area contributed by atoms with E-state index >= 15 is 0 Å². The number of nitrogens with zero attached hydrogens (tertiary/aromatic N) is 2. The van der Waals surface area contributed by atoms with E-state index in [2.05, 4.69) is 140 Å². The molecule has 1 radical (unpaired) electrons. The fraction of sp³-hybridized carbons (Fsp3) is 0.378. The number of aryl methyl sites for hydroxylation is 1. The smallest absolute Gasteiger partial charge is 0.120 e. The second-order valence-electron chi connectivity index (χ2n) is 17.4. The van der Waals surface area contributed by atoms with Gasteiger partial charge in [-0.15, -0.1) is 23.8 Å². The van der Waals surface area contributed by atoms with Gasteiger partial charge in [-0.3, -0.25) is 0 Å². The molecule has 6 aromatic rings. The van der Waals surface area contributed by atoms with Gasteiger partial charge in [0.15, 0.2) is 0 Å². The molecular formula is C45H54GeIrN2O-2. The third kappa shape index (κ3) is 10.1. The Labute approximate surface area is 317 Å². The summed E-state index contributed by atoms with van der Waals surface area (Å²) < 4.78 is 7.57. The molecule has 0 spiro atoms. The van der Waals surface area contributed by atoms with Crippen LogP contribution < -0.4 is 4.40 Å². The molecule has 0 aliphatic rings. The minimum Gasteiger partial charge on any atom is -0.500 e. The van der Waals surface area contributed by atoms with Crippen LogP contribution in [0.3, 0.4) is 0 Å². The first-order valence-electron chi connectivity index (χ1n) is 17.7. The quantitative estimate of drug-likeness (QED) is 0.123. The molecular weight excluding hydrogens is 849 g/mol. The van der Waals surface area contributed by atoms with Crippen LogP contribution in [0, 0.1) is 29.9 Å². The second kappa shape index (κ2) is 15.7. The summed E-state index contributed by atoms with van der Waals surface area (Å²) in [5.41, 5.74) is 11.9. The van der Waals surface area contributed by atoms with Crippen molar-refractivity contribution < 1.29 is 24.5 Å². The third-order valence-corrected chi connectivity index (χ3v) is 13.1. The van der Waals surface area contributed by atoms with Gasteiger partial charge in [0.1, 0.15) is 5.58 Å². The maximum absolute atomic E-state index is 6.04. The van der Waals surface area contributed by atoms with Crippen molar-refractivity contribution in [3.63, 3.8) is 0 Å². The average Bonchev–Trinajstić information content (AvgIpc) is 3.38. The zero-order valence-electron chi connectivity index (χ0n) is 32.1. The van der Waals surface area contributed by atoms with Crippen molar-refractivity contribution in [3.05, 3.63) is 114 Å². The summed E-state index contributed by atoms with van der Waals surface area (Å²) in [5, 5.41) is 2.30. The van der Waals surface area contributed by atoms with Gasteiger partial charge in [-0.25, -0.2) is 0 Å². The van der Waals surface area contributed by atoms with Gasteiger partial charge in [0, 0.05) is 31.7 Å². The molecule has 0 fully saturated rings. The van der Waals surface area contributed by atoms with Crippen molar-refractivity contribution in [2.75, 3.05) is 0 Å². The van der Waals surface area contributed by atoms with E-state index in [0.29, 0.717) is 11.3 Å². The van der Waals surface area contributed by atoms with Crippen molar-refractivity contribution in [1.29, 1.82) is 0 Å². The second-order valence-corrected chi connectivity index (χ2v) is 27.9. The summed E-state index contributed by atoms with van der Waals surface area (Å²) in [6.07, 6.45) is 6.26. The summed E-state index contributed by atoms with van der Waals surface area (Å²) in [6.45, 7) is 20.3. The third-order valence-electron chi connectivity index (χ3n) is 8.81. The molecule has 3 nitrogen and oxygen atoms in total. The molecule has 0 amide bonds. The molecule has 0 unspecified atom stereocenters. The van der Waals surface area contributed by atoms with E-state index in [1.54, 1.807) is 0 Å². The first kappa shape index (κ1) is 39.7. The van der Waals surface area contributed by atoms with Crippen molar-refractivity contribution >= 4 is 39.6 Å². The van der Waals surface area contributed by atoms with Crippen LogP contribution in [0.15, 0.2) is 83.5 Å². The first-order chi connectivity index (χ1) is 22.9. The maximum atomic E-state index is 6.04. The van der Waals surface area contributed by atoms with Gasteiger partial charge >= 0.3 is 132 Å². The fourth-order valence-corrected chi connectivity index (χ4v) is 9.62. The number of benzene rings is 3. The van der Waals surface area contributed by atoms with Gasteiger partial charge in [0.2, 0.25) is 0 Å². The predicted molar refractivity (Wildman–Crippen MR) is 212 cm³/mol. The van der Waals surface area contributed by atoms with Crippen molar-refractivity contribution in [3.8, 4) is 22.5 Å². The van der Waals surface area contributed by atoms with Crippen LogP contribution in [-0.2, 0) is 32.9 Å². The number of pyridine rings is 2. The first-order valence-corrected chi connectivity index (χ1v) is 25.0. The zero-order valence-corrected chi connectivity index (χ0v) is 36.6. The zero-order chi connectivity index (χ0) is 35.7. The molecule has 50 heavy (non-hydrogen) atoms.